The molecule has 0 aliphatic heterocycles. The number of nitrogens with zero attached hydrogens (tertiary/aromatic N) is 2. The molecule has 33 heavy (non-hydrogen) atoms. The highest BCUT2D eigenvalue weighted by Crippen LogP contribution is 2.24. The molecule has 1 heterocycles. The third kappa shape index (κ3) is 6.64. The summed E-state index contributed by atoms with van der Waals surface area (Å²) in [4.78, 5) is 0. The van der Waals surface area contributed by atoms with E-state index < -0.39 is 8.07 Å². The molecule has 0 bridgehead atoms. The van der Waals surface area contributed by atoms with Crippen LogP contribution in [0.25, 0.3) is 35.2 Å². The normalized spacial score (nSPS) is 12.3. The minimum absolute atomic E-state index is 0.472. The van der Waals surface area contributed by atoms with E-state index in [9.17, 15) is 0 Å². The van der Waals surface area contributed by atoms with E-state index in [4.69, 9.17) is 9.84 Å². The van der Waals surface area contributed by atoms with Gasteiger partial charge in [0.25, 0.3) is 0 Å². The van der Waals surface area contributed by atoms with Crippen molar-refractivity contribution in [1.82, 2.24) is 9.78 Å². The van der Waals surface area contributed by atoms with Gasteiger partial charge in [0.15, 0.2) is 0 Å². The molecule has 0 radical (unpaired) electrons. The molecule has 4 aromatic rings. The van der Waals surface area contributed by atoms with E-state index in [1.165, 1.54) is 5.56 Å². The average Bonchev–Trinajstić information content (AvgIpc) is 3.17. The first-order valence-electron chi connectivity index (χ1n) is 11.5. The molecule has 0 atom stereocenters. The standard InChI is InChI=1S/C29H32N2OSi/c1-33(2,3)21-20-32-23-31-29-19-17-26(15-14-24-10-6-4-7-11-24)22-27(29)28(30-31)18-16-25-12-8-5-9-13-25/h4-19,22H,20-21,23H2,1-3H3. The van der Waals surface area contributed by atoms with Crippen molar-refractivity contribution < 1.29 is 4.74 Å². The van der Waals surface area contributed by atoms with Crippen LogP contribution in [0.1, 0.15) is 22.4 Å². The van der Waals surface area contributed by atoms with Crippen LogP contribution in [0.2, 0.25) is 25.7 Å². The Bertz CT molecular complexity index is 1240. The topological polar surface area (TPSA) is 27.1 Å². The number of aromatic nitrogens is 2. The van der Waals surface area contributed by atoms with Gasteiger partial charge in [0.2, 0.25) is 0 Å². The molecule has 4 rings (SSSR count). The van der Waals surface area contributed by atoms with E-state index in [-0.39, 0.29) is 0 Å². The molecular weight excluding hydrogens is 420 g/mol. The molecule has 4 heteroatoms. The summed E-state index contributed by atoms with van der Waals surface area (Å²) in [6.45, 7) is 8.37. The quantitative estimate of drug-likeness (QED) is 0.148. The van der Waals surface area contributed by atoms with Crippen LogP contribution < -0.4 is 0 Å². The fourth-order valence-corrected chi connectivity index (χ4v) is 4.33. The van der Waals surface area contributed by atoms with Crippen molar-refractivity contribution in [3.8, 4) is 0 Å². The van der Waals surface area contributed by atoms with Gasteiger partial charge in [-0.05, 0) is 40.9 Å². The summed E-state index contributed by atoms with van der Waals surface area (Å²) < 4.78 is 7.99. The molecule has 0 amide bonds. The molecule has 0 saturated heterocycles. The second kappa shape index (κ2) is 10.6. The first kappa shape index (κ1) is 23.0. The predicted molar refractivity (Wildman–Crippen MR) is 145 cm³/mol. The van der Waals surface area contributed by atoms with E-state index in [1.807, 2.05) is 16.8 Å². The number of hydrogen-bond donors (Lipinski definition) is 0. The van der Waals surface area contributed by atoms with Gasteiger partial charge >= 0.3 is 0 Å². The van der Waals surface area contributed by atoms with Crippen molar-refractivity contribution in [2.75, 3.05) is 6.61 Å². The van der Waals surface area contributed by atoms with E-state index >= 15 is 0 Å². The van der Waals surface area contributed by atoms with Crippen LogP contribution in [0.3, 0.4) is 0 Å². The van der Waals surface area contributed by atoms with Gasteiger partial charge in [-0.25, -0.2) is 4.68 Å². The number of ether oxygens (including phenoxy) is 1. The summed E-state index contributed by atoms with van der Waals surface area (Å²) in [5.74, 6) is 0. The van der Waals surface area contributed by atoms with Crippen molar-refractivity contribution in [2.24, 2.45) is 0 Å². The Hall–Kier alpha value is -3.21. The smallest absolute Gasteiger partial charge is 0.140 e. The summed E-state index contributed by atoms with van der Waals surface area (Å²) in [7, 11) is -1.11. The second-order valence-corrected chi connectivity index (χ2v) is 15.1. The van der Waals surface area contributed by atoms with Crippen molar-refractivity contribution in [1.29, 1.82) is 0 Å². The number of rotatable bonds is 9. The van der Waals surface area contributed by atoms with Gasteiger partial charge < -0.3 is 4.74 Å². The zero-order valence-corrected chi connectivity index (χ0v) is 20.7. The highest BCUT2D eigenvalue weighted by Gasteiger charge is 2.13. The summed E-state index contributed by atoms with van der Waals surface area (Å²) in [5, 5.41) is 6.02. The van der Waals surface area contributed by atoms with Crippen molar-refractivity contribution in [2.45, 2.75) is 32.4 Å². The van der Waals surface area contributed by atoms with Gasteiger partial charge in [-0.15, -0.1) is 0 Å². The highest BCUT2D eigenvalue weighted by molar-refractivity contribution is 6.76. The molecule has 0 aliphatic carbocycles. The Morgan fingerprint density at radius 3 is 2.00 bits per heavy atom. The van der Waals surface area contributed by atoms with Crippen molar-refractivity contribution >= 4 is 43.3 Å². The molecule has 0 aliphatic rings. The molecule has 0 unspecified atom stereocenters. The molecule has 0 N–H and O–H groups in total. The van der Waals surface area contributed by atoms with Crippen LogP contribution >= 0.6 is 0 Å². The van der Waals surface area contributed by atoms with Gasteiger partial charge in [-0.2, -0.15) is 5.10 Å². The van der Waals surface area contributed by atoms with E-state index in [1.54, 1.807) is 0 Å². The molecule has 168 valence electrons. The maximum absolute atomic E-state index is 6.01. The van der Waals surface area contributed by atoms with E-state index in [0.29, 0.717) is 6.73 Å². The summed E-state index contributed by atoms with van der Waals surface area (Å²) in [6, 6.07) is 28.4. The van der Waals surface area contributed by atoms with Crippen LogP contribution in [-0.2, 0) is 11.5 Å². The van der Waals surface area contributed by atoms with Crippen LogP contribution in [0.5, 0.6) is 0 Å². The molecular formula is C29H32N2OSi. The Morgan fingerprint density at radius 2 is 1.36 bits per heavy atom. The SMILES string of the molecule is C[Si](C)(C)CCOCn1nc(C=Cc2ccccc2)c2cc(C=Cc3ccccc3)ccc21. The van der Waals surface area contributed by atoms with Gasteiger partial charge in [-0.1, -0.05) is 105 Å². The number of fused-ring (bicyclic) bond motifs is 1. The molecule has 0 saturated carbocycles. The minimum atomic E-state index is -1.11. The summed E-state index contributed by atoms with van der Waals surface area (Å²) in [6.07, 6.45) is 8.51. The summed E-state index contributed by atoms with van der Waals surface area (Å²) >= 11 is 0. The largest absolute Gasteiger partial charge is 0.360 e. The van der Waals surface area contributed by atoms with Crippen molar-refractivity contribution in [3.05, 3.63) is 101 Å². The van der Waals surface area contributed by atoms with Gasteiger partial charge in [-0.3, -0.25) is 0 Å². The average molecular weight is 453 g/mol. The lowest BCUT2D eigenvalue weighted by Gasteiger charge is -2.15. The Balaban J connectivity index is 1.62. The summed E-state index contributed by atoms with van der Waals surface area (Å²) in [5.41, 5.74) is 5.55. The van der Waals surface area contributed by atoms with Crippen LogP contribution in [0, 0.1) is 0 Å². The van der Waals surface area contributed by atoms with Crippen LogP contribution in [0.4, 0.5) is 0 Å². The predicted octanol–water partition coefficient (Wildman–Crippen LogP) is 7.69. The van der Waals surface area contributed by atoms with Gasteiger partial charge in [0, 0.05) is 20.1 Å². The fourth-order valence-electron chi connectivity index (χ4n) is 3.57. The fraction of sp³-hybridized carbons (Fsp3) is 0.207. The lowest BCUT2D eigenvalue weighted by atomic mass is 10.1. The third-order valence-electron chi connectivity index (χ3n) is 5.51. The third-order valence-corrected chi connectivity index (χ3v) is 7.22. The Kier molecular flexibility index (Phi) is 7.38. The van der Waals surface area contributed by atoms with E-state index in [0.717, 1.165) is 40.4 Å². The molecule has 0 fully saturated rings. The number of hydrogen-bond acceptors (Lipinski definition) is 2. The first-order chi connectivity index (χ1) is 16.0. The van der Waals surface area contributed by atoms with Crippen molar-refractivity contribution in [3.63, 3.8) is 0 Å². The molecule has 0 spiro atoms. The zero-order chi connectivity index (χ0) is 23.1. The molecule has 3 nitrogen and oxygen atoms in total. The maximum atomic E-state index is 6.01. The van der Waals surface area contributed by atoms with Gasteiger partial charge in [0.05, 0.1) is 11.2 Å². The number of benzene rings is 3. The van der Waals surface area contributed by atoms with Crippen LogP contribution in [-0.4, -0.2) is 24.5 Å². The lowest BCUT2D eigenvalue weighted by molar-refractivity contribution is 0.0816. The molecule has 1 aromatic heterocycles. The van der Waals surface area contributed by atoms with Gasteiger partial charge in [0.1, 0.15) is 6.73 Å². The zero-order valence-electron chi connectivity index (χ0n) is 19.7. The Labute approximate surface area is 198 Å². The molecule has 3 aromatic carbocycles. The second-order valence-electron chi connectivity index (χ2n) is 9.50. The lowest BCUT2D eigenvalue weighted by Crippen LogP contribution is -2.22. The van der Waals surface area contributed by atoms with Crippen LogP contribution in [0.15, 0.2) is 78.9 Å². The minimum Gasteiger partial charge on any atom is -0.360 e. The maximum Gasteiger partial charge on any atom is 0.140 e. The Morgan fingerprint density at radius 1 is 0.758 bits per heavy atom. The highest BCUT2D eigenvalue weighted by atomic mass is 28.3. The monoisotopic (exact) mass is 452 g/mol. The first-order valence-corrected chi connectivity index (χ1v) is 15.2. The van der Waals surface area contributed by atoms with E-state index in [2.05, 4.69) is 111 Å².